The molecule has 0 saturated heterocycles. The predicted octanol–water partition coefficient (Wildman–Crippen LogP) is 2.44. The van der Waals surface area contributed by atoms with Crippen LogP contribution in [0.3, 0.4) is 0 Å². The van der Waals surface area contributed by atoms with E-state index in [0.717, 1.165) is 24.2 Å². The molecule has 0 aromatic rings. The molecule has 2 rings (SSSR count). The number of carbonyl (C=O) groups is 1. The maximum atomic E-state index is 11.6. The lowest BCUT2D eigenvalue weighted by atomic mass is 9.64. The Bertz CT molecular complexity index is 251. The summed E-state index contributed by atoms with van der Waals surface area (Å²) in [6.07, 6.45) is 5.10. The quantitative estimate of drug-likeness (QED) is 0.743. The maximum Gasteiger partial charge on any atom is 0.223 e. The van der Waals surface area contributed by atoms with Gasteiger partial charge in [0.1, 0.15) is 0 Å². The van der Waals surface area contributed by atoms with Crippen molar-refractivity contribution in [3.8, 4) is 0 Å². The molecule has 5 atom stereocenters. The molecule has 2 heteroatoms. The van der Waals surface area contributed by atoms with Gasteiger partial charge >= 0.3 is 0 Å². The summed E-state index contributed by atoms with van der Waals surface area (Å²) in [5.74, 6) is 3.79. The van der Waals surface area contributed by atoms with Crippen molar-refractivity contribution < 1.29 is 4.79 Å². The molecule has 15 heavy (non-hydrogen) atoms. The fraction of sp³-hybridized carbons (Fsp3) is 0.923. The van der Waals surface area contributed by atoms with Crippen LogP contribution in [0, 0.1) is 29.6 Å². The minimum absolute atomic E-state index is 0.276. The largest absolute Gasteiger partial charge is 0.359 e. The Balaban J connectivity index is 1.97. The van der Waals surface area contributed by atoms with E-state index in [0.29, 0.717) is 11.8 Å². The molecule has 0 aromatic heterocycles. The van der Waals surface area contributed by atoms with E-state index in [4.69, 9.17) is 0 Å². The fourth-order valence-electron chi connectivity index (χ4n) is 3.56. The average Bonchev–Trinajstić information content (AvgIpc) is 2.48. The zero-order valence-corrected chi connectivity index (χ0v) is 10.1. The molecule has 0 radical (unpaired) electrons. The highest BCUT2D eigenvalue weighted by Crippen LogP contribution is 2.50. The third kappa shape index (κ3) is 1.79. The van der Waals surface area contributed by atoms with Gasteiger partial charge in [0.05, 0.1) is 0 Å². The molecule has 2 aliphatic carbocycles. The van der Waals surface area contributed by atoms with Crippen LogP contribution in [-0.2, 0) is 4.79 Å². The maximum absolute atomic E-state index is 11.6. The first kappa shape index (κ1) is 11.0. The van der Waals surface area contributed by atoms with Gasteiger partial charge in [0.2, 0.25) is 5.91 Å². The third-order valence-electron chi connectivity index (χ3n) is 4.99. The molecule has 1 amide bonds. The van der Waals surface area contributed by atoms with Crippen molar-refractivity contribution in [2.24, 2.45) is 29.6 Å². The summed E-state index contributed by atoms with van der Waals surface area (Å²) in [6.45, 7) is 4.74. The first-order chi connectivity index (χ1) is 7.15. The van der Waals surface area contributed by atoms with Crippen molar-refractivity contribution in [3.63, 3.8) is 0 Å². The highest BCUT2D eigenvalue weighted by Gasteiger charge is 2.45. The van der Waals surface area contributed by atoms with Crippen LogP contribution in [0.1, 0.15) is 39.5 Å². The van der Waals surface area contributed by atoms with Gasteiger partial charge in [-0.05, 0) is 42.9 Å². The van der Waals surface area contributed by atoms with Crippen LogP contribution < -0.4 is 5.32 Å². The van der Waals surface area contributed by atoms with Crippen LogP contribution in [0.15, 0.2) is 0 Å². The van der Waals surface area contributed by atoms with Gasteiger partial charge in [-0.3, -0.25) is 4.79 Å². The molecule has 0 aromatic carbocycles. The minimum Gasteiger partial charge on any atom is -0.359 e. The molecular formula is C13H23NO. The highest BCUT2D eigenvalue weighted by atomic mass is 16.1. The zero-order valence-electron chi connectivity index (χ0n) is 10.1. The number of amides is 1. The van der Waals surface area contributed by atoms with Gasteiger partial charge in [0, 0.05) is 13.0 Å². The molecule has 0 heterocycles. The minimum atomic E-state index is 0.276. The summed E-state index contributed by atoms with van der Waals surface area (Å²) < 4.78 is 0. The van der Waals surface area contributed by atoms with E-state index < -0.39 is 0 Å². The molecule has 0 aliphatic heterocycles. The predicted molar refractivity (Wildman–Crippen MR) is 61.3 cm³/mol. The van der Waals surface area contributed by atoms with Crippen LogP contribution in [0.25, 0.3) is 0 Å². The van der Waals surface area contributed by atoms with E-state index in [9.17, 15) is 4.79 Å². The van der Waals surface area contributed by atoms with Crippen LogP contribution >= 0.6 is 0 Å². The van der Waals surface area contributed by atoms with Crippen LogP contribution in [0.5, 0.6) is 0 Å². The Kier molecular flexibility index (Phi) is 3.03. The molecule has 2 saturated carbocycles. The number of hydrogen-bond donors (Lipinski definition) is 1. The third-order valence-corrected chi connectivity index (χ3v) is 4.99. The summed E-state index contributed by atoms with van der Waals surface area (Å²) >= 11 is 0. The van der Waals surface area contributed by atoms with Gasteiger partial charge in [-0.25, -0.2) is 0 Å². The lowest BCUT2D eigenvalue weighted by Gasteiger charge is -2.41. The highest BCUT2D eigenvalue weighted by molar-refractivity contribution is 5.79. The van der Waals surface area contributed by atoms with E-state index in [1.54, 1.807) is 7.05 Å². The molecule has 2 aliphatic rings. The Labute approximate surface area is 92.8 Å². The van der Waals surface area contributed by atoms with Gasteiger partial charge in [0.25, 0.3) is 0 Å². The van der Waals surface area contributed by atoms with E-state index in [2.05, 4.69) is 19.2 Å². The lowest BCUT2D eigenvalue weighted by Crippen LogP contribution is -2.43. The van der Waals surface area contributed by atoms with E-state index in [1.807, 2.05) is 0 Å². The summed E-state index contributed by atoms with van der Waals surface area (Å²) in [5, 5.41) is 2.81. The van der Waals surface area contributed by atoms with Crippen molar-refractivity contribution in [2.45, 2.75) is 39.5 Å². The van der Waals surface area contributed by atoms with Crippen LogP contribution in [0.4, 0.5) is 0 Å². The molecule has 86 valence electrons. The number of rotatable bonds is 2. The smallest absolute Gasteiger partial charge is 0.223 e. The first-order valence-corrected chi connectivity index (χ1v) is 6.36. The standard InChI is InChI=1S/C13H23NO/c1-8-4-5-10(9(8)2)11-6-7-12(11)13(15)14-3/h8-12H,4-7H2,1-3H3,(H,14,15)/t8-,9-,10+,11?,12?/m1/s1. The van der Waals surface area contributed by atoms with Crippen molar-refractivity contribution >= 4 is 5.91 Å². The molecule has 0 bridgehead atoms. The Morgan fingerprint density at radius 1 is 1.07 bits per heavy atom. The number of carbonyl (C=O) groups excluding carboxylic acids is 1. The molecule has 2 unspecified atom stereocenters. The van der Waals surface area contributed by atoms with Gasteiger partial charge in [-0.2, -0.15) is 0 Å². The Morgan fingerprint density at radius 2 is 1.73 bits per heavy atom. The Morgan fingerprint density at radius 3 is 2.13 bits per heavy atom. The van der Waals surface area contributed by atoms with E-state index in [1.165, 1.54) is 19.3 Å². The fourth-order valence-corrected chi connectivity index (χ4v) is 3.56. The molecule has 2 fully saturated rings. The van der Waals surface area contributed by atoms with Crippen molar-refractivity contribution in [2.75, 3.05) is 7.05 Å². The molecular weight excluding hydrogens is 186 g/mol. The first-order valence-electron chi connectivity index (χ1n) is 6.36. The summed E-state index contributed by atoms with van der Waals surface area (Å²) in [7, 11) is 1.76. The summed E-state index contributed by atoms with van der Waals surface area (Å²) in [5.41, 5.74) is 0. The van der Waals surface area contributed by atoms with Gasteiger partial charge in [-0.15, -0.1) is 0 Å². The van der Waals surface area contributed by atoms with Crippen LogP contribution in [-0.4, -0.2) is 13.0 Å². The normalized spacial score (nSPS) is 44.9. The van der Waals surface area contributed by atoms with Crippen molar-refractivity contribution in [1.29, 1.82) is 0 Å². The second-order valence-corrected chi connectivity index (χ2v) is 5.54. The molecule has 2 nitrogen and oxygen atoms in total. The topological polar surface area (TPSA) is 29.1 Å². The second-order valence-electron chi connectivity index (χ2n) is 5.54. The zero-order chi connectivity index (χ0) is 11.0. The van der Waals surface area contributed by atoms with Gasteiger partial charge in [-0.1, -0.05) is 20.3 Å². The number of hydrogen-bond acceptors (Lipinski definition) is 1. The van der Waals surface area contributed by atoms with Crippen LogP contribution in [0.2, 0.25) is 0 Å². The molecule has 0 spiro atoms. The average molecular weight is 209 g/mol. The SMILES string of the molecule is CNC(=O)C1CCC1[C@H]1CC[C@@H](C)[C@H]1C. The van der Waals surface area contributed by atoms with E-state index >= 15 is 0 Å². The van der Waals surface area contributed by atoms with Crippen molar-refractivity contribution in [1.82, 2.24) is 5.32 Å². The Hall–Kier alpha value is -0.530. The summed E-state index contributed by atoms with van der Waals surface area (Å²) in [6, 6.07) is 0. The molecule has 1 N–H and O–H groups in total. The number of nitrogens with one attached hydrogen (secondary N) is 1. The van der Waals surface area contributed by atoms with Gasteiger partial charge < -0.3 is 5.32 Å². The van der Waals surface area contributed by atoms with Gasteiger partial charge in [0.15, 0.2) is 0 Å². The van der Waals surface area contributed by atoms with E-state index in [-0.39, 0.29) is 5.91 Å². The lowest BCUT2D eigenvalue weighted by molar-refractivity contribution is -0.131. The summed E-state index contributed by atoms with van der Waals surface area (Å²) in [4.78, 5) is 11.6. The van der Waals surface area contributed by atoms with Crippen molar-refractivity contribution in [3.05, 3.63) is 0 Å². The second kappa shape index (κ2) is 4.15. The monoisotopic (exact) mass is 209 g/mol.